The molecule has 1 aromatic carbocycles. The standard InChI is InChI=1S/C7H8S2.C5H12.C4H12Si.C3H7NO/c1-8-9-7-5-3-2-4-6-7;2*1-5(2,3)4;1-3(5)4-2/h2-6H,1H3;2*1-4H3;1-2H3,(H,4,5). The molecule has 0 bridgehead atoms. The third-order valence-corrected chi connectivity index (χ3v) is 2.98. The summed E-state index contributed by atoms with van der Waals surface area (Å²) in [7, 11) is 4.55. The minimum atomic E-state index is -0.611. The average molecular weight is 390 g/mol. The van der Waals surface area contributed by atoms with Gasteiger partial charge in [-0.05, 0) is 23.8 Å². The van der Waals surface area contributed by atoms with E-state index in [1.165, 1.54) is 11.8 Å². The summed E-state index contributed by atoms with van der Waals surface area (Å²) in [6.45, 7) is 19.5. The molecule has 0 aliphatic carbocycles. The Labute approximate surface area is 160 Å². The van der Waals surface area contributed by atoms with Crippen LogP contribution in [0.15, 0.2) is 35.2 Å². The number of nitrogens with one attached hydrogen (secondary N) is 1. The molecule has 1 aromatic rings. The van der Waals surface area contributed by atoms with Gasteiger partial charge in [0.1, 0.15) is 0 Å². The second-order valence-electron chi connectivity index (χ2n) is 8.37. The van der Waals surface area contributed by atoms with Crippen molar-refractivity contribution in [3.63, 3.8) is 0 Å². The molecule has 1 N–H and O–H groups in total. The monoisotopic (exact) mass is 389 g/mol. The normalized spacial score (nSPS) is 9.96. The van der Waals surface area contributed by atoms with E-state index in [0.717, 1.165) is 0 Å². The van der Waals surface area contributed by atoms with Gasteiger partial charge in [0.15, 0.2) is 0 Å². The van der Waals surface area contributed by atoms with E-state index in [1.54, 1.807) is 28.6 Å². The zero-order valence-corrected chi connectivity index (χ0v) is 20.2. The van der Waals surface area contributed by atoms with Crippen molar-refractivity contribution in [2.24, 2.45) is 5.41 Å². The van der Waals surface area contributed by atoms with Gasteiger partial charge in [-0.15, -0.1) is 0 Å². The molecule has 1 amide bonds. The Hall–Kier alpha value is -0.393. The van der Waals surface area contributed by atoms with Crippen LogP contribution < -0.4 is 5.32 Å². The highest BCUT2D eigenvalue weighted by Crippen LogP contribution is 2.27. The van der Waals surface area contributed by atoms with E-state index in [1.807, 2.05) is 6.07 Å². The molecule has 0 atom stereocenters. The molecule has 0 aromatic heterocycles. The van der Waals surface area contributed by atoms with E-state index < -0.39 is 8.07 Å². The molecule has 0 spiro atoms. The predicted molar refractivity (Wildman–Crippen MR) is 120 cm³/mol. The Morgan fingerprint density at radius 2 is 1.29 bits per heavy atom. The summed E-state index contributed by atoms with van der Waals surface area (Å²) in [6.07, 6.45) is 2.08. The maximum absolute atomic E-state index is 9.70. The number of hydrogen-bond donors (Lipinski definition) is 1. The minimum Gasteiger partial charge on any atom is -0.359 e. The highest BCUT2D eigenvalue weighted by Gasteiger charge is 1.99. The van der Waals surface area contributed by atoms with Gasteiger partial charge in [0.25, 0.3) is 0 Å². The van der Waals surface area contributed by atoms with E-state index in [2.05, 4.69) is 89.7 Å². The Balaban J connectivity index is -0.000000259. The second kappa shape index (κ2) is 16.1. The van der Waals surface area contributed by atoms with Gasteiger partial charge in [-0.1, -0.05) is 93.7 Å². The van der Waals surface area contributed by atoms with Crippen molar-refractivity contribution >= 4 is 35.6 Å². The molecule has 24 heavy (non-hydrogen) atoms. The fourth-order valence-corrected chi connectivity index (χ4v) is 1.94. The van der Waals surface area contributed by atoms with Gasteiger partial charge in [-0.25, -0.2) is 0 Å². The molecule has 142 valence electrons. The first-order valence-corrected chi connectivity index (χ1v) is 14.7. The zero-order valence-electron chi connectivity index (χ0n) is 17.6. The third-order valence-electron chi connectivity index (χ3n) is 1.27. The van der Waals surface area contributed by atoms with Crippen LogP contribution in [-0.2, 0) is 4.79 Å². The fourth-order valence-electron chi connectivity index (χ4n) is 0.572. The van der Waals surface area contributed by atoms with Crippen molar-refractivity contribution in [2.45, 2.75) is 65.7 Å². The number of rotatable bonds is 2. The van der Waals surface area contributed by atoms with Gasteiger partial charge >= 0.3 is 0 Å². The predicted octanol–water partition coefficient (Wildman–Crippen LogP) is 6.82. The average Bonchev–Trinajstić information content (AvgIpc) is 2.37. The molecular formula is C19H39NOS2Si. The lowest BCUT2D eigenvalue weighted by Gasteiger charge is -2.05. The van der Waals surface area contributed by atoms with Crippen LogP contribution >= 0.6 is 21.6 Å². The number of amides is 1. The maximum Gasteiger partial charge on any atom is 0.216 e. The number of hydrogen-bond acceptors (Lipinski definition) is 3. The Bertz CT molecular complexity index is 374. The highest BCUT2D eigenvalue weighted by molar-refractivity contribution is 8.76. The highest BCUT2D eigenvalue weighted by atomic mass is 33.1. The summed E-state index contributed by atoms with van der Waals surface area (Å²) in [6, 6.07) is 10.4. The number of benzene rings is 1. The van der Waals surface area contributed by atoms with Crippen molar-refractivity contribution in [1.82, 2.24) is 5.32 Å². The van der Waals surface area contributed by atoms with Gasteiger partial charge in [0.2, 0.25) is 5.91 Å². The maximum atomic E-state index is 9.70. The van der Waals surface area contributed by atoms with Crippen molar-refractivity contribution in [3.8, 4) is 0 Å². The molecule has 0 aliphatic rings. The first-order chi connectivity index (χ1) is 10.7. The molecule has 5 heteroatoms. The van der Waals surface area contributed by atoms with Gasteiger partial charge in [0, 0.05) is 26.9 Å². The Kier molecular flexibility index (Phi) is 19.1. The third kappa shape index (κ3) is 57.7. The summed E-state index contributed by atoms with van der Waals surface area (Å²) in [4.78, 5) is 11.0. The van der Waals surface area contributed by atoms with Crippen LogP contribution in [0.2, 0.25) is 26.2 Å². The van der Waals surface area contributed by atoms with Crippen LogP contribution in [0.5, 0.6) is 0 Å². The van der Waals surface area contributed by atoms with Gasteiger partial charge in [-0.2, -0.15) is 0 Å². The summed E-state index contributed by atoms with van der Waals surface area (Å²) >= 11 is 0. The van der Waals surface area contributed by atoms with Crippen LogP contribution in [0.3, 0.4) is 0 Å². The lowest BCUT2D eigenvalue weighted by molar-refractivity contribution is -0.118. The largest absolute Gasteiger partial charge is 0.359 e. The van der Waals surface area contributed by atoms with Crippen molar-refractivity contribution in [3.05, 3.63) is 30.3 Å². The zero-order chi connectivity index (χ0) is 19.8. The lowest BCUT2D eigenvalue weighted by Crippen LogP contribution is -2.11. The summed E-state index contributed by atoms with van der Waals surface area (Å²) in [5.41, 5.74) is 0.500. The molecule has 0 fully saturated rings. The number of carbonyl (C=O) groups is 1. The molecular weight excluding hydrogens is 350 g/mol. The van der Waals surface area contributed by atoms with E-state index in [4.69, 9.17) is 0 Å². The van der Waals surface area contributed by atoms with Gasteiger partial charge < -0.3 is 5.32 Å². The van der Waals surface area contributed by atoms with Crippen LogP contribution in [0.4, 0.5) is 0 Å². The molecule has 0 saturated carbocycles. The SMILES string of the molecule is CC(C)(C)C.CNC(C)=O.CSSc1ccccc1.C[Si](C)(C)C. The minimum absolute atomic E-state index is 0.00463. The molecule has 1 rings (SSSR count). The van der Waals surface area contributed by atoms with E-state index in [-0.39, 0.29) is 5.91 Å². The fraction of sp³-hybridized carbons (Fsp3) is 0.632. The first-order valence-electron chi connectivity index (χ1n) is 8.14. The summed E-state index contributed by atoms with van der Waals surface area (Å²) < 4.78 is 0. The van der Waals surface area contributed by atoms with E-state index >= 15 is 0 Å². The molecule has 0 heterocycles. The van der Waals surface area contributed by atoms with Gasteiger partial charge in [0.05, 0.1) is 0 Å². The van der Waals surface area contributed by atoms with Crippen molar-refractivity contribution < 1.29 is 4.79 Å². The smallest absolute Gasteiger partial charge is 0.216 e. The summed E-state index contributed by atoms with van der Waals surface area (Å²) in [5, 5.41) is 2.39. The molecule has 0 radical (unpaired) electrons. The Morgan fingerprint density at radius 1 is 1.00 bits per heavy atom. The summed E-state index contributed by atoms with van der Waals surface area (Å²) in [5.74, 6) is 0.00463. The molecule has 0 saturated heterocycles. The molecule has 2 nitrogen and oxygen atoms in total. The second-order valence-corrected chi connectivity index (χ2v) is 16.8. The molecule has 0 aliphatic heterocycles. The van der Waals surface area contributed by atoms with Gasteiger partial charge in [-0.3, -0.25) is 4.79 Å². The van der Waals surface area contributed by atoms with Crippen LogP contribution in [0.25, 0.3) is 0 Å². The van der Waals surface area contributed by atoms with Crippen molar-refractivity contribution in [2.75, 3.05) is 13.3 Å². The van der Waals surface area contributed by atoms with E-state index in [9.17, 15) is 4.79 Å². The van der Waals surface area contributed by atoms with Crippen LogP contribution in [0.1, 0.15) is 34.6 Å². The quantitative estimate of drug-likeness (QED) is 0.444. The van der Waals surface area contributed by atoms with Crippen LogP contribution in [-0.4, -0.2) is 27.3 Å². The first kappa shape index (κ1) is 28.4. The Morgan fingerprint density at radius 3 is 1.50 bits per heavy atom. The molecule has 0 unspecified atom stereocenters. The number of carbonyl (C=O) groups excluding carboxylic acids is 1. The van der Waals surface area contributed by atoms with Crippen LogP contribution in [0, 0.1) is 5.41 Å². The van der Waals surface area contributed by atoms with Crippen molar-refractivity contribution in [1.29, 1.82) is 0 Å². The lowest BCUT2D eigenvalue weighted by atomic mass is 10.0. The topological polar surface area (TPSA) is 29.1 Å². The van der Waals surface area contributed by atoms with E-state index in [0.29, 0.717) is 5.41 Å².